The molecule has 0 aliphatic carbocycles. The largest absolute Gasteiger partial charge is 0.394 e. The zero-order chi connectivity index (χ0) is 14.5. The summed E-state index contributed by atoms with van der Waals surface area (Å²) in [5, 5.41) is 23.7. The van der Waals surface area contributed by atoms with E-state index in [1.165, 1.54) is 6.33 Å². The number of aromatic nitrogens is 2. The van der Waals surface area contributed by atoms with Gasteiger partial charge < -0.3 is 20.6 Å². The summed E-state index contributed by atoms with van der Waals surface area (Å²) >= 11 is 1.59. The number of aliphatic hydroxyl groups is 2. The third-order valence-electron chi connectivity index (χ3n) is 3.08. The molecule has 0 saturated carbocycles. The number of nitrogens with one attached hydrogen (secondary N) is 3. The normalized spacial score (nSPS) is 17.6. The molecule has 0 saturated heterocycles. The first-order valence-electron chi connectivity index (χ1n) is 6.25. The van der Waals surface area contributed by atoms with E-state index in [-0.39, 0.29) is 18.2 Å². The van der Waals surface area contributed by atoms with Gasteiger partial charge in [0.2, 0.25) is 0 Å². The lowest BCUT2D eigenvalue weighted by atomic mass is 10.2. The van der Waals surface area contributed by atoms with E-state index in [4.69, 9.17) is 5.11 Å². The first-order valence-corrected chi connectivity index (χ1v) is 7.64. The Balaban J connectivity index is 1.90. The monoisotopic (exact) mass is 301 g/mol. The minimum Gasteiger partial charge on any atom is -0.394 e. The highest BCUT2D eigenvalue weighted by atomic mass is 32.2. The number of anilines is 1. The van der Waals surface area contributed by atoms with Crippen LogP contribution in [-0.4, -0.2) is 62.6 Å². The molecule has 2 unspecified atom stereocenters. The van der Waals surface area contributed by atoms with Crippen LogP contribution in [0.15, 0.2) is 11.1 Å². The van der Waals surface area contributed by atoms with Crippen LogP contribution >= 0.6 is 11.8 Å². The van der Waals surface area contributed by atoms with Gasteiger partial charge in [-0.2, -0.15) is 11.8 Å². The lowest BCUT2D eigenvalue weighted by Gasteiger charge is -2.25. The van der Waals surface area contributed by atoms with E-state index in [9.17, 15) is 9.90 Å². The highest BCUT2D eigenvalue weighted by Crippen LogP contribution is 2.17. The van der Waals surface area contributed by atoms with Gasteiger partial charge in [-0.25, -0.2) is 9.99 Å². The summed E-state index contributed by atoms with van der Waals surface area (Å²) in [5.74, 6) is 0.682. The van der Waals surface area contributed by atoms with Crippen LogP contribution < -0.4 is 16.3 Å². The van der Waals surface area contributed by atoms with E-state index in [1.54, 1.807) is 16.8 Å². The summed E-state index contributed by atoms with van der Waals surface area (Å²) in [6, 6.07) is -0.216. The van der Waals surface area contributed by atoms with Gasteiger partial charge in [0.25, 0.3) is 5.56 Å². The molecule has 9 heteroatoms. The molecule has 0 radical (unpaired) electrons. The number of H-pyrrole nitrogens is 1. The fourth-order valence-corrected chi connectivity index (χ4v) is 2.69. The molecule has 1 aromatic rings. The van der Waals surface area contributed by atoms with E-state index in [1.807, 2.05) is 6.26 Å². The van der Waals surface area contributed by atoms with Crippen LogP contribution in [0, 0.1) is 0 Å². The molecule has 1 aliphatic heterocycles. The number of hydrazine groups is 1. The van der Waals surface area contributed by atoms with Crippen molar-refractivity contribution in [3.8, 4) is 0 Å². The average Bonchev–Trinajstić information content (AvgIpc) is 2.87. The van der Waals surface area contributed by atoms with E-state index in [0.717, 1.165) is 0 Å². The molecule has 0 amide bonds. The molecule has 112 valence electrons. The Bertz CT molecular complexity index is 497. The molecule has 1 aromatic heterocycles. The predicted octanol–water partition coefficient (Wildman–Crippen LogP) is -1.46. The third kappa shape index (κ3) is 3.49. The minimum atomic E-state index is -0.811. The maximum absolute atomic E-state index is 11.6. The van der Waals surface area contributed by atoms with Crippen molar-refractivity contribution >= 4 is 17.4 Å². The molecule has 5 N–H and O–H groups in total. The van der Waals surface area contributed by atoms with Gasteiger partial charge in [0.15, 0.2) is 0 Å². The number of aliphatic hydroxyl groups excluding tert-OH is 2. The maximum Gasteiger partial charge on any atom is 0.275 e. The van der Waals surface area contributed by atoms with E-state index in [2.05, 4.69) is 20.7 Å². The van der Waals surface area contributed by atoms with Gasteiger partial charge in [-0.05, 0) is 6.26 Å². The number of hydrogen-bond acceptors (Lipinski definition) is 8. The summed E-state index contributed by atoms with van der Waals surface area (Å²) in [7, 11) is 0. The minimum absolute atomic E-state index is 0.200. The van der Waals surface area contributed by atoms with Gasteiger partial charge in [-0.1, -0.05) is 0 Å². The van der Waals surface area contributed by atoms with Gasteiger partial charge in [0.1, 0.15) is 5.69 Å². The summed E-state index contributed by atoms with van der Waals surface area (Å²) < 4.78 is 0. The molecule has 2 heterocycles. The van der Waals surface area contributed by atoms with Crippen molar-refractivity contribution in [1.29, 1.82) is 0 Å². The van der Waals surface area contributed by atoms with Gasteiger partial charge in [-0.15, -0.1) is 0 Å². The van der Waals surface area contributed by atoms with Crippen molar-refractivity contribution < 1.29 is 10.2 Å². The molecule has 0 fully saturated rings. The van der Waals surface area contributed by atoms with Gasteiger partial charge in [-0.3, -0.25) is 10.1 Å². The highest BCUT2D eigenvalue weighted by molar-refractivity contribution is 7.98. The smallest absolute Gasteiger partial charge is 0.275 e. The Kier molecular flexibility index (Phi) is 5.38. The van der Waals surface area contributed by atoms with Crippen LogP contribution in [-0.2, 0) is 6.54 Å². The summed E-state index contributed by atoms with van der Waals surface area (Å²) in [4.78, 5) is 18.2. The third-order valence-corrected chi connectivity index (χ3v) is 3.78. The fourth-order valence-electron chi connectivity index (χ4n) is 1.99. The van der Waals surface area contributed by atoms with Crippen molar-refractivity contribution in [2.75, 3.05) is 30.7 Å². The second kappa shape index (κ2) is 7.04. The standard InChI is InChI=1S/C11H19N5O3S/c1-20-4-8(9(18)3-17)14-6-16-2-7-10(15-16)11(19)13-5-12-7/h5,8-9,14-15,17-18H,2-4,6H2,1H3,(H,12,13,19). The number of aromatic amines is 1. The van der Waals surface area contributed by atoms with Crippen LogP contribution in [0.2, 0.25) is 0 Å². The van der Waals surface area contributed by atoms with Crippen molar-refractivity contribution in [3.05, 3.63) is 22.4 Å². The number of thioether (sulfide) groups is 1. The molecule has 2 atom stereocenters. The summed E-state index contributed by atoms with van der Waals surface area (Å²) in [6.45, 7) is 0.651. The SMILES string of the molecule is CSCC(NCN1Cc2nc[nH]c(=O)c2N1)C(O)CO. The molecule has 1 aliphatic rings. The van der Waals surface area contributed by atoms with Crippen LogP contribution in [0.1, 0.15) is 5.69 Å². The highest BCUT2D eigenvalue weighted by Gasteiger charge is 2.24. The number of fused-ring (bicyclic) bond motifs is 1. The van der Waals surface area contributed by atoms with E-state index in [0.29, 0.717) is 30.3 Å². The zero-order valence-corrected chi connectivity index (χ0v) is 12.0. The Morgan fingerprint density at radius 1 is 1.65 bits per heavy atom. The number of rotatable bonds is 7. The quantitative estimate of drug-likeness (QED) is 0.415. The summed E-state index contributed by atoms with van der Waals surface area (Å²) in [5.41, 5.74) is 3.92. The van der Waals surface area contributed by atoms with Crippen molar-refractivity contribution in [2.24, 2.45) is 0 Å². The van der Waals surface area contributed by atoms with Crippen LogP contribution in [0.4, 0.5) is 5.69 Å². The Hall–Kier alpha value is -1.13. The molecular weight excluding hydrogens is 282 g/mol. The van der Waals surface area contributed by atoms with Crippen molar-refractivity contribution in [3.63, 3.8) is 0 Å². The summed E-state index contributed by atoms with van der Waals surface area (Å²) in [6.07, 6.45) is 2.51. The predicted molar refractivity (Wildman–Crippen MR) is 77.3 cm³/mol. The average molecular weight is 301 g/mol. The maximum atomic E-state index is 11.6. The molecule has 0 bridgehead atoms. The lowest BCUT2D eigenvalue weighted by molar-refractivity contribution is 0.0646. The molecule has 0 aromatic carbocycles. The molecule has 0 spiro atoms. The van der Waals surface area contributed by atoms with Gasteiger partial charge in [0, 0.05) is 11.8 Å². The van der Waals surface area contributed by atoms with E-state index < -0.39 is 6.10 Å². The Morgan fingerprint density at radius 3 is 3.10 bits per heavy atom. The first-order chi connectivity index (χ1) is 9.65. The van der Waals surface area contributed by atoms with Gasteiger partial charge >= 0.3 is 0 Å². The second-order valence-electron chi connectivity index (χ2n) is 4.54. The van der Waals surface area contributed by atoms with Crippen molar-refractivity contribution in [2.45, 2.75) is 18.7 Å². The Morgan fingerprint density at radius 2 is 2.45 bits per heavy atom. The van der Waals surface area contributed by atoms with E-state index >= 15 is 0 Å². The molecular formula is C11H19N5O3S. The molecule has 2 rings (SSSR count). The lowest BCUT2D eigenvalue weighted by Crippen LogP contribution is -2.48. The van der Waals surface area contributed by atoms with Crippen molar-refractivity contribution in [1.82, 2.24) is 20.3 Å². The topological polar surface area (TPSA) is 114 Å². The molecule has 8 nitrogen and oxygen atoms in total. The number of nitrogens with zero attached hydrogens (tertiary/aromatic N) is 2. The second-order valence-corrected chi connectivity index (χ2v) is 5.45. The first kappa shape index (κ1) is 15.3. The Labute approximate surface area is 120 Å². The van der Waals surface area contributed by atoms with Crippen LogP contribution in [0.5, 0.6) is 0 Å². The number of hydrogen-bond donors (Lipinski definition) is 5. The van der Waals surface area contributed by atoms with Crippen LogP contribution in [0.3, 0.4) is 0 Å². The van der Waals surface area contributed by atoms with Crippen LogP contribution in [0.25, 0.3) is 0 Å². The zero-order valence-electron chi connectivity index (χ0n) is 11.2. The molecule has 20 heavy (non-hydrogen) atoms. The van der Waals surface area contributed by atoms with Gasteiger partial charge in [0.05, 0.1) is 37.9 Å². The fraction of sp³-hybridized carbons (Fsp3) is 0.636.